The Morgan fingerprint density at radius 2 is 1.89 bits per heavy atom. The Kier molecular flexibility index (Phi) is 4.22. The van der Waals surface area contributed by atoms with Gasteiger partial charge in [-0.15, -0.1) is 0 Å². The minimum Gasteiger partial charge on any atom is -0.480 e. The lowest BCUT2D eigenvalue weighted by Crippen LogP contribution is -2.58. The van der Waals surface area contributed by atoms with Crippen LogP contribution in [0, 0.1) is 5.92 Å². The minimum absolute atomic E-state index is 0.0723. The van der Waals surface area contributed by atoms with Crippen LogP contribution in [0.1, 0.15) is 44.9 Å². The van der Waals surface area contributed by atoms with E-state index in [1.165, 1.54) is 0 Å². The van der Waals surface area contributed by atoms with Crippen LogP contribution < -0.4 is 10.6 Å². The number of nitrogens with one attached hydrogen (secondary N) is 2. The van der Waals surface area contributed by atoms with Crippen molar-refractivity contribution in [2.45, 2.75) is 50.5 Å². The second kappa shape index (κ2) is 5.69. The van der Waals surface area contributed by atoms with Gasteiger partial charge in [-0.05, 0) is 32.2 Å². The van der Waals surface area contributed by atoms with Gasteiger partial charge in [0.05, 0.1) is 5.92 Å². The molecular weight excluding hydrogens is 232 g/mol. The number of hydrogen-bond donors (Lipinski definition) is 3. The predicted octanol–water partition coefficient (Wildman–Crippen LogP) is 0.890. The summed E-state index contributed by atoms with van der Waals surface area (Å²) in [5.41, 5.74) is -1.01. The highest BCUT2D eigenvalue weighted by molar-refractivity contribution is 5.88. The molecule has 0 spiro atoms. The van der Waals surface area contributed by atoms with E-state index in [9.17, 15) is 14.7 Å². The molecule has 0 unspecified atom stereocenters. The van der Waals surface area contributed by atoms with Gasteiger partial charge in [-0.2, -0.15) is 0 Å². The molecular formula is C13H22N2O3. The number of carboxylic acids is 1. The van der Waals surface area contributed by atoms with Crippen molar-refractivity contribution in [2.75, 3.05) is 13.1 Å². The van der Waals surface area contributed by atoms with Gasteiger partial charge in [0.25, 0.3) is 0 Å². The quantitative estimate of drug-likeness (QED) is 0.699. The van der Waals surface area contributed by atoms with Gasteiger partial charge in [0, 0.05) is 6.54 Å². The van der Waals surface area contributed by atoms with Crippen LogP contribution >= 0.6 is 0 Å². The van der Waals surface area contributed by atoms with Gasteiger partial charge in [0.15, 0.2) is 0 Å². The highest BCUT2D eigenvalue weighted by atomic mass is 16.4. The average Bonchev–Trinajstić information content (AvgIpc) is 2.40. The average molecular weight is 254 g/mol. The van der Waals surface area contributed by atoms with Crippen molar-refractivity contribution >= 4 is 11.9 Å². The highest BCUT2D eigenvalue weighted by Crippen LogP contribution is 2.29. The highest BCUT2D eigenvalue weighted by Gasteiger charge is 2.42. The number of carboxylic acid groups (broad SMARTS) is 1. The molecule has 0 radical (unpaired) electrons. The molecule has 2 rings (SSSR count). The lowest BCUT2D eigenvalue weighted by Gasteiger charge is -2.35. The van der Waals surface area contributed by atoms with Crippen molar-refractivity contribution in [2.24, 2.45) is 5.92 Å². The summed E-state index contributed by atoms with van der Waals surface area (Å²) in [6.45, 7) is 1.62. The summed E-state index contributed by atoms with van der Waals surface area (Å²) in [5.74, 6) is -1.04. The first-order valence-electron chi connectivity index (χ1n) is 6.90. The van der Waals surface area contributed by atoms with Gasteiger partial charge in [-0.1, -0.05) is 19.3 Å². The van der Waals surface area contributed by atoms with Crippen LogP contribution in [0.4, 0.5) is 0 Å². The summed E-state index contributed by atoms with van der Waals surface area (Å²) >= 11 is 0. The zero-order valence-electron chi connectivity index (χ0n) is 10.7. The molecule has 18 heavy (non-hydrogen) atoms. The first kappa shape index (κ1) is 13.3. The largest absolute Gasteiger partial charge is 0.480 e. The smallest absolute Gasteiger partial charge is 0.329 e. The predicted molar refractivity (Wildman–Crippen MR) is 67.2 cm³/mol. The molecule has 3 N–H and O–H groups in total. The van der Waals surface area contributed by atoms with E-state index in [-0.39, 0.29) is 11.8 Å². The Hall–Kier alpha value is -1.10. The Morgan fingerprint density at radius 1 is 1.17 bits per heavy atom. The van der Waals surface area contributed by atoms with Crippen LogP contribution in [-0.4, -0.2) is 35.6 Å². The summed E-state index contributed by atoms with van der Waals surface area (Å²) in [5, 5.41) is 15.4. The van der Waals surface area contributed by atoms with Crippen LogP contribution in [0.25, 0.3) is 0 Å². The molecule has 5 heteroatoms. The van der Waals surface area contributed by atoms with Crippen LogP contribution in [-0.2, 0) is 9.59 Å². The van der Waals surface area contributed by atoms with Gasteiger partial charge >= 0.3 is 5.97 Å². The molecule has 1 saturated heterocycles. The first-order chi connectivity index (χ1) is 8.64. The van der Waals surface area contributed by atoms with E-state index in [2.05, 4.69) is 10.6 Å². The summed E-state index contributed by atoms with van der Waals surface area (Å²) < 4.78 is 0. The van der Waals surface area contributed by atoms with Gasteiger partial charge in [0.2, 0.25) is 5.91 Å². The van der Waals surface area contributed by atoms with E-state index in [0.717, 1.165) is 38.6 Å². The van der Waals surface area contributed by atoms with E-state index >= 15 is 0 Å². The summed E-state index contributed by atoms with van der Waals surface area (Å²) in [6.07, 6.45) is 5.80. The zero-order valence-corrected chi connectivity index (χ0v) is 10.7. The van der Waals surface area contributed by atoms with E-state index in [4.69, 9.17) is 0 Å². The molecule has 2 aliphatic rings. The molecule has 1 aliphatic carbocycles. The number of carbonyl (C=O) groups excluding carboxylic acids is 1. The molecule has 1 heterocycles. The lowest BCUT2D eigenvalue weighted by molar-refractivity contribution is -0.150. The fraction of sp³-hybridized carbons (Fsp3) is 0.846. The molecule has 2 fully saturated rings. The van der Waals surface area contributed by atoms with Crippen molar-refractivity contribution in [3.63, 3.8) is 0 Å². The standard InChI is InChI=1S/C13H22N2O3/c16-11(10-5-4-8-14-9-10)15-13(12(17)18)6-2-1-3-7-13/h10,14H,1-9H2,(H,15,16)(H,17,18)/t10-/m1/s1. The third kappa shape index (κ3) is 2.83. The number of aliphatic carboxylic acids is 1. The molecule has 1 atom stereocenters. The third-order valence-corrected chi connectivity index (χ3v) is 4.15. The molecule has 0 aromatic rings. The van der Waals surface area contributed by atoms with Crippen LogP contribution in [0.5, 0.6) is 0 Å². The topological polar surface area (TPSA) is 78.4 Å². The van der Waals surface area contributed by atoms with Gasteiger partial charge in [-0.3, -0.25) is 4.79 Å². The molecule has 1 amide bonds. The van der Waals surface area contributed by atoms with Crippen LogP contribution in [0.3, 0.4) is 0 Å². The summed E-state index contributed by atoms with van der Waals surface area (Å²) in [4.78, 5) is 23.6. The second-order valence-electron chi connectivity index (χ2n) is 5.48. The van der Waals surface area contributed by atoms with E-state index in [1.807, 2.05) is 0 Å². The molecule has 0 bridgehead atoms. The van der Waals surface area contributed by atoms with Crippen molar-refractivity contribution in [1.29, 1.82) is 0 Å². The molecule has 0 aromatic carbocycles. The Bertz CT molecular complexity index is 318. The molecule has 102 valence electrons. The summed E-state index contributed by atoms with van der Waals surface area (Å²) in [7, 11) is 0. The fourth-order valence-electron chi connectivity index (χ4n) is 2.96. The molecule has 1 saturated carbocycles. The number of carbonyl (C=O) groups is 2. The first-order valence-corrected chi connectivity index (χ1v) is 6.90. The Morgan fingerprint density at radius 3 is 2.44 bits per heavy atom. The van der Waals surface area contributed by atoms with Crippen molar-refractivity contribution in [1.82, 2.24) is 10.6 Å². The Labute approximate surface area is 107 Å². The number of piperidine rings is 1. The number of rotatable bonds is 3. The van der Waals surface area contributed by atoms with E-state index in [1.54, 1.807) is 0 Å². The monoisotopic (exact) mass is 254 g/mol. The lowest BCUT2D eigenvalue weighted by atomic mass is 9.81. The van der Waals surface area contributed by atoms with Crippen molar-refractivity contribution < 1.29 is 14.7 Å². The van der Waals surface area contributed by atoms with E-state index in [0.29, 0.717) is 19.4 Å². The van der Waals surface area contributed by atoms with Gasteiger partial charge < -0.3 is 15.7 Å². The molecule has 0 aromatic heterocycles. The normalized spacial score (nSPS) is 27.4. The van der Waals surface area contributed by atoms with Gasteiger partial charge in [-0.25, -0.2) is 4.79 Å². The Balaban J connectivity index is 1.99. The molecule has 1 aliphatic heterocycles. The van der Waals surface area contributed by atoms with Crippen LogP contribution in [0.2, 0.25) is 0 Å². The number of amides is 1. The SMILES string of the molecule is O=C(NC1(C(=O)O)CCCCC1)[C@@H]1CCCNC1. The number of hydrogen-bond acceptors (Lipinski definition) is 3. The maximum Gasteiger partial charge on any atom is 0.329 e. The second-order valence-corrected chi connectivity index (χ2v) is 5.48. The summed E-state index contributed by atoms with van der Waals surface area (Å²) in [6, 6.07) is 0. The fourth-order valence-corrected chi connectivity index (χ4v) is 2.96. The van der Waals surface area contributed by atoms with E-state index < -0.39 is 11.5 Å². The maximum atomic E-state index is 12.2. The van der Waals surface area contributed by atoms with Gasteiger partial charge in [0.1, 0.15) is 5.54 Å². The zero-order chi connectivity index (χ0) is 13.0. The third-order valence-electron chi connectivity index (χ3n) is 4.15. The minimum atomic E-state index is -1.01. The molecule has 5 nitrogen and oxygen atoms in total. The maximum absolute atomic E-state index is 12.2. The van der Waals surface area contributed by atoms with Crippen LogP contribution in [0.15, 0.2) is 0 Å². The van der Waals surface area contributed by atoms with Crippen molar-refractivity contribution in [3.05, 3.63) is 0 Å². The van der Waals surface area contributed by atoms with Crippen molar-refractivity contribution in [3.8, 4) is 0 Å².